The summed E-state index contributed by atoms with van der Waals surface area (Å²) in [5.41, 5.74) is 4.50. The first-order valence-corrected chi connectivity index (χ1v) is 12.5. The number of fused-ring (bicyclic) bond motifs is 3. The molecule has 3 aromatic heterocycles. The van der Waals surface area contributed by atoms with E-state index >= 15 is 0 Å². The maximum atomic E-state index is 12.8. The van der Waals surface area contributed by atoms with Gasteiger partial charge in [-0.25, -0.2) is 4.98 Å². The Hall–Kier alpha value is -4.07. The molecule has 0 fully saturated rings. The maximum absolute atomic E-state index is 12.8. The molecule has 8 nitrogen and oxygen atoms in total. The van der Waals surface area contributed by atoms with E-state index < -0.39 is 0 Å². The van der Waals surface area contributed by atoms with Gasteiger partial charge in [0, 0.05) is 19.3 Å². The molecule has 0 radical (unpaired) electrons. The van der Waals surface area contributed by atoms with Crippen LogP contribution in [0, 0.1) is 11.1 Å². The number of hydroxylamine groups is 1. The number of para-hydroxylation sites is 2. The fourth-order valence-electron chi connectivity index (χ4n) is 5.32. The Kier molecular flexibility index (Phi) is 5.93. The van der Waals surface area contributed by atoms with Gasteiger partial charge in [-0.15, -0.1) is 0 Å². The molecular formula is C28H29N5O3. The summed E-state index contributed by atoms with van der Waals surface area (Å²) in [5, 5.41) is 12.8. The van der Waals surface area contributed by atoms with E-state index in [4.69, 9.17) is 14.5 Å². The topological polar surface area (TPSA) is 80.2 Å². The molecule has 36 heavy (non-hydrogen) atoms. The Bertz CT molecular complexity index is 1450. The van der Waals surface area contributed by atoms with Crippen molar-refractivity contribution in [1.82, 2.24) is 19.1 Å². The summed E-state index contributed by atoms with van der Waals surface area (Å²) in [5.74, 6) is 2.35. The van der Waals surface area contributed by atoms with Gasteiger partial charge in [0.25, 0.3) is 0 Å². The van der Waals surface area contributed by atoms with Crippen molar-refractivity contribution in [2.24, 2.45) is 5.92 Å². The number of benzene rings is 1. The van der Waals surface area contributed by atoms with Crippen molar-refractivity contribution in [3.05, 3.63) is 77.5 Å². The predicted octanol–water partition coefficient (Wildman–Crippen LogP) is 5.00. The Balaban J connectivity index is 1.21. The second-order valence-electron chi connectivity index (χ2n) is 9.27. The molecule has 2 aliphatic rings. The standard InChI is InChI=1S/C28H29N5O3/c1-35-27-25-18-33(34)23-12-4-2-9-20(23)17-31(25)19-26(27)36-16-8-15-32-24-13-5-3-10-21(24)30-28(32)22-11-6-7-14-29-22/h3,5-7,10-14,18-20H,2,4,8-9,15-17H2,1H3/t20-/m0/s1. The average Bonchev–Trinajstić information content (AvgIpc) is 3.40. The minimum absolute atomic E-state index is 0.221. The van der Waals surface area contributed by atoms with Gasteiger partial charge in [0.2, 0.25) is 6.21 Å². The number of rotatable bonds is 7. The van der Waals surface area contributed by atoms with Crippen LogP contribution in [0.2, 0.25) is 0 Å². The largest absolute Gasteiger partial charge is 0.618 e. The number of pyridine rings is 1. The lowest BCUT2D eigenvalue weighted by Crippen LogP contribution is -2.18. The van der Waals surface area contributed by atoms with Gasteiger partial charge in [-0.3, -0.25) is 4.98 Å². The van der Waals surface area contributed by atoms with E-state index in [9.17, 15) is 5.21 Å². The van der Waals surface area contributed by atoms with E-state index in [1.54, 1.807) is 19.5 Å². The number of ether oxygens (including phenoxy) is 2. The number of methoxy groups -OCH3 is 1. The van der Waals surface area contributed by atoms with Crippen LogP contribution in [0.15, 0.2) is 66.6 Å². The molecule has 1 aliphatic heterocycles. The lowest BCUT2D eigenvalue weighted by atomic mass is 9.92. The van der Waals surface area contributed by atoms with E-state index in [0.717, 1.165) is 77.5 Å². The molecule has 1 atom stereocenters. The zero-order valence-electron chi connectivity index (χ0n) is 20.3. The lowest BCUT2D eigenvalue weighted by molar-refractivity contribution is -0.406. The second kappa shape index (κ2) is 9.53. The SMILES string of the molecule is COc1c(OCCCn2c(-c3ccccn3)nc3ccccc32)cn2c1C=[N+]([O-])C1=CCCC[C@H]1C2. The number of allylic oxidation sites excluding steroid dienone is 2. The normalized spacial score (nSPS) is 17.1. The van der Waals surface area contributed by atoms with Crippen LogP contribution in [-0.4, -0.2) is 43.8 Å². The van der Waals surface area contributed by atoms with Crippen molar-refractivity contribution in [2.45, 2.75) is 38.8 Å². The maximum Gasteiger partial charge on any atom is 0.208 e. The summed E-state index contributed by atoms with van der Waals surface area (Å²) in [6.07, 6.45) is 11.3. The van der Waals surface area contributed by atoms with E-state index in [-0.39, 0.29) is 5.92 Å². The van der Waals surface area contributed by atoms with Gasteiger partial charge in [0.1, 0.15) is 5.69 Å². The fraction of sp³-hybridized carbons (Fsp3) is 0.321. The van der Waals surface area contributed by atoms with Crippen LogP contribution in [0.4, 0.5) is 0 Å². The van der Waals surface area contributed by atoms with Gasteiger partial charge in [-0.1, -0.05) is 18.2 Å². The number of imidazole rings is 1. The van der Waals surface area contributed by atoms with Gasteiger partial charge >= 0.3 is 0 Å². The van der Waals surface area contributed by atoms with Crippen molar-refractivity contribution in [3.8, 4) is 23.0 Å². The van der Waals surface area contributed by atoms with E-state index in [1.165, 1.54) is 0 Å². The summed E-state index contributed by atoms with van der Waals surface area (Å²) in [6, 6.07) is 14.0. The number of hydrogen-bond acceptors (Lipinski definition) is 5. The van der Waals surface area contributed by atoms with Gasteiger partial charge in [-0.2, -0.15) is 4.74 Å². The number of hydrogen-bond donors (Lipinski definition) is 0. The third-order valence-electron chi connectivity index (χ3n) is 7.01. The molecule has 4 aromatic rings. The molecule has 1 aliphatic carbocycles. The quantitative estimate of drug-likeness (QED) is 0.210. The van der Waals surface area contributed by atoms with Gasteiger partial charge < -0.3 is 23.8 Å². The molecule has 0 amide bonds. The molecule has 4 heterocycles. The van der Waals surface area contributed by atoms with Crippen LogP contribution < -0.4 is 9.47 Å². The first-order valence-electron chi connectivity index (χ1n) is 12.5. The minimum Gasteiger partial charge on any atom is -0.618 e. The van der Waals surface area contributed by atoms with E-state index in [1.807, 2.05) is 42.6 Å². The van der Waals surface area contributed by atoms with Crippen molar-refractivity contribution in [3.63, 3.8) is 0 Å². The van der Waals surface area contributed by atoms with Crippen molar-refractivity contribution in [1.29, 1.82) is 0 Å². The van der Waals surface area contributed by atoms with Gasteiger partial charge in [0.15, 0.2) is 28.7 Å². The molecule has 184 valence electrons. The van der Waals surface area contributed by atoms with Crippen molar-refractivity contribution in [2.75, 3.05) is 13.7 Å². The smallest absolute Gasteiger partial charge is 0.208 e. The molecule has 8 heteroatoms. The molecule has 0 N–H and O–H groups in total. The third-order valence-corrected chi connectivity index (χ3v) is 7.01. The van der Waals surface area contributed by atoms with Crippen LogP contribution in [0.1, 0.15) is 31.4 Å². The van der Waals surface area contributed by atoms with E-state index in [2.05, 4.69) is 26.3 Å². The predicted molar refractivity (Wildman–Crippen MR) is 138 cm³/mol. The molecule has 0 bridgehead atoms. The zero-order valence-corrected chi connectivity index (χ0v) is 20.3. The second-order valence-corrected chi connectivity index (χ2v) is 9.27. The molecule has 0 saturated carbocycles. The number of nitrogens with zero attached hydrogens (tertiary/aromatic N) is 5. The monoisotopic (exact) mass is 483 g/mol. The minimum atomic E-state index is 0.221. The molecule has 0 unspecified atom stereocenters. The highest BCUT2D eigenvalue weighted by atomic mass is 16.5. The summed E-state index contributed by atoms with van der Waals surface area (Å²) >= 11 is 0. The number of aromatic nitrogens is 4. The summed E-state index contributed by atoms with van der Waals surface area (Å²) in [6.45, 7) is 1.99. The highest BCUT2D eigenvalue weighted by molar-refractivity contribution is 5.81. The molecular weight excluding hydrogens is 454 g/mol. The molecule has 1 aromatic carbocycles. The lowest BCUT2D eigenvalue weighted by Gasteiger charge is -2.20. The van der Waals surface area contributed by atoms with Crippen molar-refractivity contribution >= 4 is 17.2 Å². The average molecular weight is 484 g/mol. The van der Waals surface area contributed by atoms with Crippen LogP contribution in [0.25, 0.3) is 22.6 Å². The van der Waals surface area contributed by atoms with Crippen LogP contribution >= 0.6 is 0 Å². The van der Waals surface area contributed by atoms with E-state index in [0.29, 0.717) is 18.1 Å². The Labute approximate surface area is 209 Å². The van der Waals surface area contributed by atoms with Crippen LogP contribution in [-0.2, 0) is 13.1 Å². The molecule has 0 saturated heterocycles. The summed E-state index contributed by atoms with van der Waals surface area (Å²) < 4.78 is 17.2. The first-order chi connectivity index (χ1) is 17.7. The Morgan fingerprint density at radius 2 is 2.06 bits per heavy atom. The Morgan fingerprint density at radius 1 is 1.17 bits per heavy atom. The first kappa shape index (κ1) is 22.4. The zero-order chi connectivity index (χ0) is 24.5. The highest BCUT2D eigenvalue weighted by Crippen LogP contribution is 2.37. The summed E-state index contributed by atoms with van der Waals surface area (Å²) in [4.78, 5) is 9.35. The highest BCUT2D eigenvalue weighted by Gasteiger charge is 2.31. The molecule has 0 spiro atoms. The van der Waals surface area contributed by atoms with Crippen LogP contribution in [0.5, 0.6) is 11.5 Å². The van der Waals surface area contributed by atoms with Gasteiger partial charge in [0.05, 0.1) is 36.9 Å². The number of aryl methyl sites for hydroxylation is 1. The fourth-order valence-corrected chi connectivity index (χ4v) is 5.32. The van der Waals surface area contributed by atoms with Gasteiger partial charge in [-0.05, 0) is 56.0 Å². The Morgan fingerprint density at radius 3 is 2.92 bits per heavy atom. The molecule has 6 rings (SSSR count). The van der Waals surface area contributed by atoms with Crippen LogP contribution in [0.3, 0.4) is 0 Å². The third kappa shape index (κ3) is 4.02. The summed E-state index contributed by atoms with van der Waals surface area (Å²) in [7, 11) is 1.62. The van der Waals surface area contributed by atoms with Crippen molar-refractivity contribution < 1.29 is 14.2 Å².